The molecule has 0 bridgehead atoms. The molecule has 100 valence electrons. The Morgan fingerprint density at radius 3 is 2.72 bits per heavy atom. The van der Waals surface area contributed by atoms with Gasteiger partial charge in [0.25, 0.3) is 0 Å². The van der Waals surface area contributed by atoms with E-state index in [1.54, 1.807) is 12.1 Å². The lowest BCUT2D eigenvalue weighted by Crippen LogP contribution is -2.33. The summed E-state index contributed by atoms with van der Waals surface area (Å²) in [5.41, 5.74) is 1.56. The Bertz CT molecular complexity index is 405. The maximum atomic E-state index is 11.7. The molecule has 4 heteroatoms. The molecule has 0 radical (unpaired) electrons. The number of phenols is 1. The molecule has 0 aliphatic heterocycles. The number of aromatic hydroxyl groups is 1. The molecule has 1 aromatic rings. The molecule has 0 aliphatic carbocycles. The van der Waals surface area contributed by atoms with Crippen molar-refractivity contribution in [2.75, 3.05) is 11.9 Å². The van der Waals surface area contributed by atoms with Gasteiger partial charge < -0.3 is 15.7 Å². The molecule has 0 saturated heterocycles. The second kappa shape index (κ2) is 7.01. The van der Waals surface area contributed by atoms with Crippen LogP contribution in [0, 0.1) is 0 Å². The molecule has 0 aromatic heterocycles. The van der Waals surface area contributed by atoms with Crippen molar-refractivity contribution in [1.29, 1.82) is 0 Å². The summed E-state index contributed by atoms with van der Waals surface area (Å²) in [6.07, 6.45) is 1.85. The second-order valence-electron chi connectivity index (χ2n) is 4.44. The average Bonchev–Trinajstić information content (AvgIpc) is 2.38. The van der Waals surface area contributed by atoms with Crippen molar-refractivity contribution in [2.45, 2.75) is 39.7 Å². The fourth-order valence-electron chi connectivity index (χ4n) is 1.51. The number of benzene rings is 1. The Labute approximate surface area is 108 Å². The SMILES string of the molecule is CCc1ccc(O)c(NC(=O)CNC(C)CC)c1. The van der Waals surface area contributed by atoms with Crippen LogP contribution < -0.4 is 10.6 Å². The average molecular weight is 250 g/mol. The Balaban J connectivity index is 2.58. The molecular formula is C14H22N2O2. The van der Waals surface area contributed by atoms with Crippen LogP contribution in [0.2, 0.25) is 0 Å². The molecule has 1 aromatic carbocycles. The highest BCUT2D eigenvalue weighted by Gasteiger charge is 2.08. The predicted octanol–water partition coefficient (Wildman–Crippen LogP) is 2.28. The topological polar surface area (TPSA) is 61.4 Å². The standard InChI is InChI=1S/C14H22N2O2/c1-4-10(3)15-9-14(18)16-12-8-11(5-2)6-7-13(12)17/h6-8,10,15,17H,4-5,9H2,1-3H3,(H,16,18). The third-order valence-corrected chi connectivity index (χ3v) is 2.97. The van der Waals surface area contributed by atoms with Crippen molar-refractivity contribution in [1.82, 2.24) is 5.32 Å². The number of carbonyl (C=O) groups is 1. The van der Waals surface area contributed by atoms with Crippen LogP contribution in [0.25, 0.3) is 0 Å². The van der Waals surface area contributed by atoms with Crippen LogP contribution in [0.1, 0.15) is 32.8 Å². The Hall–Kier alpha value is -1.55. The van der Waals surface area contributed by atoms with Crippen molar-refractivity contribution < 1.29 is 9.90 Å². The summed E-state index contributed by atoms with van der Waals surface area (Å²) in [7, 11) is 0. The number of hydrogen-bond donors (Lipinski definition) is 3. The highest BCUT2D eigenvalue weighted by atomic mass is 16.3. The van der Waals surface area contributed by atoms with E-state index >= 15 is 0 Å². The van der Waals surface area contributed by atoms with E-state index in [2.05, 4.69) is 17.6 Å². The van der Waals surface area contributed by atoms with Crippen LogP contribution in [0.4, 0.5) is 5.69 Å². The first kappa shape index (κ1) is 14.5. The molecule has 18 heavy (non-hydrogen) atoms. The number of hydrogen-bond acceptors (Lipinski definition) is 3. The maximum Gasteiger partial charge on any atom is 0.238 e. The van der Waals surface area contributed by atoms with Gasteiger partial charge in [-0.05, 0) is 37.5 Å². The van der Waals surface area contributed by atoms with E-state index in [-0.39, 0.29) is 18.2 Å². The molecule has 1 unspecified atom stereocenters. The van der Waals surface area contributed by atoms with Gasteiger partial charge in [0.2, 0.25) is 5.91 Å². The number of carbonyl (C=O) groups excluding carboxylic acids is 1. The smallest absolute Gasteiger partial charge is 0.238 e. The normalized spacial score (nSPS) is 12.2. The van der Waals surface area contributed by atoms with Gasteiger partial charge in [0.15, 0.2) is 0 Å². The van der Waals surface area contributed by atoms with Crippen LogP contribution in [0.15, 0.2) is 18.2 Å². The van der Waals surface area contributed by atoms with Gasteiger partial charge in [-0.25, -0.2) is 0 Å². The van der Waals surface area contributed by atoms with Gasteiger partial charge in [0.1, 0.15) is 5.75 Å². The largest absolute Gasteiger partial charge is 0.506 e. The lowest BCUT2D eigenvalue weighted by atomic mass is 10.1. The molecule has 4 nitrogen and oxygen atoms in total. The maximum absolute atomic E-state index is 11.7. The van der Waals surface area contributed by atoms with Crippen LogP contribution >= 0.6 is 0 Å². The zero-order valence-electron chi connectivity index (χ0n) is 11.3. The second-order valence-corrected chi connectivity index (χ2v) is 4.44. The third kappa shape index (κ3) is 4.37. The fourth-order valence-corrected chi connectivity index (χ4v) is 1.51. The molecule has 1 rings (SSSR count). The van der Waals surface area contributed by atoms with Crippen molar-refractivity contribution in [3.63, 3.8) is 0 Å². The first-order chi connectivity index (χ1) is 8.56. The third-order valence-electron chi connectivity index (χ3n) is 2.97. The van der Waals surface area contributed by atoms with E-state index < -0.39 is 0 Å². The number of phenolic OH excluding ortho intramolecular Hbond substituents is 1. The molecule has 0 saturated carbocycles. The fraction of sp³-hybridized carbons (Fsp3) is 0.500. The van der Waals surface area contributed by atoms with E-state index in [9.17, 15) is 9.90 Å². The first-order valence-electron chi connectivity index (χ1n) is 6.41. The van der Waals surface area contributed by atoms with E-state index in [0.29, 0.717) is 11.7 Å². The van der Waals surface area contributed by atoms with Gasteiger partial charge in [-0.15, -0.1) is 0 Å². The Kier molecular flexibility index (Phi) is 5.65. The zero-order chi connectivity index (χ0) is 13.5. The van der Waals surface area contributed by atoms with Gasteiger partial charge in [-0.2, -0.15) is 0 Å². The molecule has 1 atom stereocenters. The lowest BCUT2D eigenvalue weighted by molar-refractivity contribution is -0.115. The summed E-state index contributed by atoms with van der Waals surface area (Å²) in [6.45, 7) is 6.38. The molecule has 0 spiro atoms. The molecule has 1 amide bonds. The van der Waals surface area contributed by atoms with Crippen molar-refractivity contribution in [2.24, 2.45) is 0 Å². The van der Waals surface area contributed by atoms with Crippen molar-refractivity contribution >= 4 is 11.6 Å². The van der Waals surface area contributed by atoms with Gasteiger partial charge in [0, 0.05) is 6.04 Å². The van der Waals surface area contributed by atoms with Crippen LogP contribution in [-0.4, -0.2) is 23.6 Å². The van der Waals surface area contributed by atoms with Crippen LogP contribution in [-0.2, 0) is 11.2 Å². The Morgan fingerprint density at radius 1 is 1.39 bits per heavy atom. The number of aryl methyl sites for hydroxylation is 1. The zero-order valence-corrected chi connectivity index (χ0v) is 11.3. The van der Waals surface area contributed by atoms with Crippen molar-refractivity contribution in [3.05, 3.63) is 23.8 Å². The van der Waals surface area contributed by atoms with Crippen LogP contribution in [0.5, 0.6) is 5.75 Å². The Morgan fingerprint density at radius 2 is 2.11 bits per heavy atom. The van der Waals surface area contributed by atoms with Gasteiger partial charge in [-0.1, -0.05) is 19.9 Å². The van der Waals surface area contributed by atoms with E-state index in [4.69, 9.17) is 0 Å². The van der Waals surface area contributed by atoms with E-state index in [0.717, 1.165) is 18.4 Å². The lowest BCUT2D eigenvalue weighted by Gasteiger charge is -2.12. The van der Waals surface area contributed by atoms with Gasteiger partial charge >= 0.3 is 0 Å². The number of amides is 1. The monoisotopic (exact) mass is 250 g/mol. The minimum Gasteiger partial charge on any atom is -0.506 e. The first-order valence-corrected chi connectivity index (χ1v) is 6.41. The van der Waals surface area contributed by atoms with Gasteiger partial charge in [-0.3, -0.25) is 4.79 Å². The summed E-state index contributed by atoms with van der Waals surface area (Å²) in [5, 5.41) is 15.5. The minimum absolute atomic E-state index is 0.101. The van der Waals surface area contributed by atoms with E-state index in [1.807, 2.05) is 19.9 Å². The molecular weight excluding hydrogens is 228 g/mol. The highest BCUT2D eigenvalue weighted by molar-refractivity contribution is 5.93. The number of rotatable bonds is 6. The molecule has 0 fully saturated rings. The quantitative estimate of drug-likeness (QED) is 0.679. The summed E-state index contributed by atoms with van der Waals surface area (Å²) >= 11 is 0. The summed E-state index contributed by atoms with van der Waals surface area (Å²) in [6, 6.07) is 5.57. The van der Waals surface area contributed by atoms with Crippen molar-refractivity contribution in [3.8, 4) is 5.75 Å². The molecule has 0 heterocycles. The predicted molar refractivity (Wildman–Crippen MR) is 73.9 cm³/mol. The highest BCUT2D eigenvalue weighted by Crippen LogP contribution is 2.24. The van der Waals surface area contributed by atoms with Crippen LogP contribution in [0.3, 0.4) is 0 Å². The molecule has 0 aliphatic rings. The van der Waals surface area contributed by atoms with E-state index in [1.165, 1.54) is 0 Å². The summed E-state index contributed by atoms with van der Waals surface area (Å²) in [4.78, 5) is 11.7. The number of nitrogens with one attached hydrogen (secondary N) is 2. The molecule has 3 N–H and O–H groups in total. The summed E-state index contributed by atoms with van der Waals surface area (Å²) < 4.78 is 0. The number of anilines is 1. The van der Waals surface area contributed by atoms with Gasteiger partial charge in [0.05, 0.1) is 12.2 Å². The minimum atomic E-state index is -0.140. The summed E-state index contributed by atoms with van der Waals surface area (Å²) in [5.74, 6) is -0.0389.